The van der Waals surface area contributed by atoms with Crippen molar-refractivity contribution in [2.45, 2.75) is 45.3 Å². The number of halogens is 2. The molecule has 0 unspecified atom stereocenters. The van der Waals surface area contributed by atoms with E-state index in [1.54, 1.807) is 13.1 Å². The van der Waals surface area contributed by atoms with Crippen LogP contribution in [0, 0.1) is 6.92 Å². The number of rotatable bonds is 6. The van der Waals surface area contributed by atoms with Crippen molar-refractivity contribution in [3.8, 4) is 16.9 Å². The van der Waals surface area contributed by atoms with Crippen molar-refractivity contribution in [3.05, 3.63) is 71.4 Å². The molecule has 180 valence electrons. The Labute approximate surface area is 201 Å². The highest BCUT2D eigenvalue weighted by Gasteiger charge is 2.39. The average Bonchev–Trinajstić information content (AvgIpc) is 2.82. The zero-order valence-corrected chi connectivity index (χ0v) is 19.6. The predicted molar refractivity (Wildman–Crippen MR) is 130 cm³/mol. The molecule has 0 fully saturated rings. The minimum Gasteiger partial charge on any atom is -0.493 e. The van der Waals surface area contributed by atoms with Crippen LogP contribution in [-0.4, -0.2) is 34.7 Å². The Bertz CT molecular complexity index is 1450. The summed E-state index contributed by atoms with van der Waals surface area (Å²) in [4.78, 5) is 17.2. The second-order valence-corrected chi connectivity index (χ2v) is 9.35. The summed E-state index contributed by atoms with van der Waals surface area (Å²) in [6.45, 7) is 4.75. The Kier molecular flexibility index (Phi) is 5.68. The molecule has 4 aromatic rings. The largest absolute Gasteiger partial charge is 0.493 e. The number of carboxylic acid groups (broad SMARTS) is 1. The fourth-order valence-electron chi connectivity index (χ4n) is 4.82. The molecule has 0 aliphatic carbocycles. The number of aliphatic carboxylic acids is 1. The number of aryl methyl sites for hydroxylation is 1. The molecule has 1 N–H and O–H groups in total. The quantitative estimate of drug-likeness (QED) is 0.344. The fourth-order valence-corrected chi connectivity index (χ4v) is 4.82. The van der Waals surface area contributed by atoms with Gasteiger partial charge in [0.1, 0.15) is 11.4 Å². The van der Waals surface area contributed by atoms with Gasteiger partial charge in [-0.3, -0.25) is 4.98 Å². The lowest BCUT2D eigenvalue weighted by Gasteiger charge is -2.31. The summed E-state index contributed by atoms with van der Waals surface area (Å²) >= 11 is 0. The van der Waals surface area contributed by atoms with E-state index in [1.165, 1.54) is 13.8 Å². The number of pyridine rings is 1. The van der Waals surface area contributed by atoms with E-state index in [0.29, 0.717) is 34.4 Å². The van der Waals surface area contributed by atoms with E-state index in [1.807, 2.05) is 48.5 Å². The second kappa shape index (κ2) is 8.57. The molecular weight excluding hydrogens is 452 g/mol. The van der Waals surface area contributed by atoms with Crippen LogP contribution < -0.4 is 4.74 Å². The summed E-state index contributed by atoms with van der Waals surface area (Å²) in [6.07, 6.45) is -2.01. The Morgan fingerprint density at radius 3 is 2.69 bits per heavy atom. The summed E-state index contributed by atoms with van der Waals surface area (Å²) < 4.78 is 39.0. The fraction of sp³-hybridized carbons (Fsp3) is 0.286. The van der Waals surface area contributed by atoms with Crippen LogP contribution in [0.1, 0.15) is 36.6 Å². The Balaban J connectivity index is 1.87. The van der Waals surface area contributed by atoms with E-state index in [0.717, 1.165) is 33.9 Å². The van der Waals surface area contributed by atoms with Crippen LogP contribution in [0.4, 0.5) is 8.78 Å². The molecule has 0 amide bonds. The Hall–Kier alpha value is -3.58. The average molecular weight is 478 g/mol. The number of carbonyl (C=O) groups is 1. The van der Waals surface area contributed by atoms with Gasteiger partial charge in [-0.2, -0.15) is 0 Å². The molecule has 0 saturated heterocycles. The van der Waals surface area contributed by atoms with Crippen molar-refractivity contribution in [3.63, 3.8) is 0 Å². The maximum absolute atomic E-state index is 13.7. The summed E-state index contributed by atoms with van der Waals surface area (Å²) in [5, 5.41) is 12.8. The molecule has 1 aliphatic rings. The predicted octanol–water partition coefficient (Wildman–Crippen LogP) is 6.48. The van der Waals surface area contributed by atoms with Crippen molar-refractivity contribution >= 4 is 27.6 Å². The van der Waals surface area contributed by atoms with Gasteiger partial charge in [-0.05, 0) is 66.4 Å². The first kappa shape index (κ1) is 23.2. The Morgan fingerprint density at radius 2 is 1.94 bits per heavy atom. The SMILES string of the molecule is Cc1cc2ccccc2c(-c2ccc3c4c(ccnc24)CCO3)c1[C@H](OC(C)(C)C(F)F)C(=O)O. The number of alkyl halides is 2. The van der Waals surface area contributed by atoms with E-state index in [2.05, 4.69) is 4.98 Å². The van der Waals surface area contributed by atoms with Crippen LogP contribution in [0.5, 0.6) is 5.75 Å². The zero-order chi connectivity index (χ0) is 24.9. The second-order valence-electron chi connectivity index (χ2n) is 9.35. The van der Waals surface area contributed by atoms with Gasteiger partial charge in [-0.25, -0.2) is 13.6 Å². The smallest absolute Gasteiger partial charge is 0.337 e. The van der Waals surface area contributed by atoms with Gasteiger partial charge in [0.05, 0.1) is 12.1 Å². The van der Waals surface area contributed by atoms with Crippen LogP contribution in [-0.2, 0) is 16.0 Å². The molecule has 0 spiro atoms. The van der Waals surface area contributed by atoms with E-state index in [4.69, 9.17) is 9.47 Å². The molecule has 7 heteroatoms. The number of aromatic nitrogens is 1. The monoisotopic (exact) mass is 477 g/mol. The highest BCUT2D eigenvalue weighted by atomic mass is 19.3. The van der Waals surface area contributed by atoms with Gasteiger partial charge in [-0.15, -0.1) is 0 Å². The number of hydrogen-bond donors (Lipinski definition) is 1. The first-order valence-corrected chi connectivity index (χ1v) is 11.4. The lowest BCUT2D eigenvalue weighted by atomic mass is 9.85. The van der Waals surface area contributed by atoms with Crippen molar-refractivity contribution in [1.29, 1.82) is 0 Å². The van der Waals surface area contributed by atoms with Gasteiger partial charge in [-0.1, -0.05) is 30.3 Å². The molecule has 1 aromatic heterocycles. The van der Waals surface area contributed by atoms with Crippen LogP contribution >= 0.6 is 0 Å². The molecule has 0 bridgehead atoms. The molecule has 35 heavy (non-hydrogen) atoms. The maximum Gasteiger partial charge on any atom is 0.337 e. The third-order valence-corrected chi connectivity index (χ3v) is 6.57. The maximum atomic E-state index is 13.7. The number of ether oxygens (including phenoxy) is 2. The van der Waals surface area contributed by atoms with Gasteiger partial charge >= 0.3 is 5.97 Å². The van der Waals surface area contributed by atoms with Gasteiger partial charge in [0.25, 0.3) is 6.43 Å². The van der Waals surface area contributed by atoms with Gasteiger partial charge in [0.15, 0.2) is 6.10 Å². The molecule has 0 radical (unpaired) electrons. The topological polar surface area (TPSA) is 68.7 Å². The molecule has 5 nitrogen and oxygen atoms in total. The molecular formula is C28H25F2NO4. The Morgan fingerprint density at radius 1 is 1.17 bits per heavy atom. The van der Waals surface area contributed by atoms with E-state index in [-0.39, 0.29) is 0 Å². The van der Waals surface area contributed by atoms with E-state index in [9.17, 15) is 18.7 Å². The van der Waals surface area contributed by atoms with Crippen LogP contribution in [0.3, 0.4) is 0 Å². The molecule has 3 aromatic carbocycles. The summed E-state index contributed by atoms with van der Waals surface area (Å²) in [6, 6.07) is 15.2. The number of nitrogens with zero attached hydrogens (tertiary/aromatic N) is 1. The first-order chi connectivity index (χ1) is 16.7. The number of benzene rings is 3. The lowest BCUT2D eigenvalue weighted by Crippen LogP contribution is -2.37. The third kappa shape index (κ3) is 3.90. The number of hydrogen-bond acceptors (Lipinski definition) is 4. The molecule has 2 heterocycles. The standard InChI is InChI=1S/C28H25F2NO4/c1-15-14-17-6-4-5-7-18(17)23(21(15)25(26(32)33)35-28(2,3)27(29)30)19-8-9-20-22-16(11-13-34-20)10-12-31-24(19)22/h4-10,12,14,25,27H,11,13H2,1-3H3,(H,32,33)/t25-/m0/s1. The van der Waals surface area contributed by atoms with Crippen molar-refractivity contribution < 1.29 is 28.2 Å². The number of carboxylic acids is 1. The van der Waals surface area contributed by atoms with Crippen molar-refractivity contribution in [2.24, 2.45) is 0 Å². The van der Waals surface area contributed by atoms with Crippen molar-refractivity contribution in [2.75, 3.05) is 6.61 Å². The van der Waals surface area contributed by atoms with Gasteiger partial charge in [0.2, 0.25) is 0 Å². The first-order valence-electron chi connectivity index (χ1n) is 11.4. The highest BCUT2D eigenvalue weighted by molar-refractivity contribution is 6.08. The normalized spacial score (nSPS) is 14.3. The summed E-state index contributed by atoms with van der Waals surface area (Å²) in [7, 11) is 0. The minimum atomic E-state index is -2.87. The van der Waals surface area contributed by atoms with Crippen LogP contribution in [0.25, 0.3) is 32.8 Å². The third-order valence-electron chi connectivity index (χ3n) is 6.57. The van der Waals surface area contributed by atoms with Crippen molar-refractivity contribution in [1.82, 2.24) is 4.98 Å². The van der Waals surface area contributed by atoms with Gasteiger partial charge in [0, 0.05) is 29.1 Å². The number of fused-ring (bicyclic) bond motifs is 1. The van der Waals surface area contributed by atoms with Crippen LogP contribution in [0.2, 0.25) is 0 Å². The zero-order valence-electron chi connectivity index (χ0n) is 19.6. The van der Waals surface area contributed by atoms with E-state index < -0.39 is 24.1 Å². The minimum absolute atomic E-state index is 0.337. The van der Waals surface area contributed by atoms with E-state index >= 15 is 0 Å². The summed E-state index contributed by atoms with van der Waals surface area (Å²) in [5.41, 5.74) is 2.09. The van der Waals surface area contributed by atoms with Gasteiger partial charge < -0.3 is 14.6 Å². The lowest BCUT2D eigenvalue weighted by molar-refractivity contribution is -0.180. The highest BCUT2D eigenvalue weighted by Crippen LogP contribution is 2.45. The molecule has 1 aliphatic heterocycles. The van der Waals surface area contributed by atoms with Crippen LogP contribution in [0.15, 0.2) is 54.7 Å². The molecule has 0 saturated carbocycles. The summed E-state index contributed by atoms with van der Waals surface area (Å²) in [5.74, 6) is -0.612. The molecule has 5 rings (SSSR count). The molecule has 1 atom stereocenters.